The Labute approximate surface area is 165 Å². The van der Waals surface area contributed by atoms with E-state index >= 15 is 0 Å². The van der Waals surface area contributed by atoms with Crippen LogP contribution in [0, 0.1) is 40.9 Å². The molecule has 0 heterocycles. The number of aromatic hydroxyl groups is 1. The first-order chi connectivity index (χ1) is 13.0. The van der Waals surface area contributed by atoms with Crippen LogP contribution in [-0.4, -0.2) is 5.11 Å². The summed E-state index contributed by atoms with van der Waals surface area (Å²) < 4.78 is 0. The van der Waals surface area contributed by atoms with Crippen molar-refractivity contribution in [1.29, 1.82) is 0 Å². The van der Waals surface area contributed by atoms with E-state index in [-0.39, 0.29) is 0 Å². The Balaban J connectivity index is 1.36. The summed E-state index contributed by atoms with van der Waals surface area (Å²) in [4.78, 5) is 0. The van der Waals surface area contributed by atoms with Crippen molar-refractivity contribution < 1.29 is 5.11 Å². The largest absolute Gasteiger partial charge is 0.508 e. The maximum absolute atomic E-state index is 9.88. The Morgan fingerprint density at radius 1 is 1.19 bits per heavy atom. The van der Waals surface area contributed by atoms with Crippen molar-refractivity contribution in [3.8, 4) is 5.75 Å². The summed E-state index contributed by atoms with van der Waals surface area (Å²) in [5.41, 5.74) is 3.52. The summed E-state index contributed by atoms with van der Waals surface area (Å²) in [5, 5.41) is 9.88. The second kappa shape index (κ2) is 6.39. The number of fused-ring (bicyclic) bond motifs is 5. The van der Waals surface area contributed by atoms with Gasteiger partial charge in [-0.15, -0.1) is 0 Å². The number of hydrogen-bond acceptors (Lipinski definition) is 1. The van der Waals surface area contributed by atoms with Crippen LogP contribution in [-0.2, 0) is 6.42 Å². The molecular formula is C26H36O. The maximum Gasteiger partial charge on any atom is 0.115 e. The molecule has 1 heteroatoms. The number of phenolic OH excluding ortho intramolecular Hbond substituents is 1. The summed E-state index contributed by atoms with van der Waals surface area (Å²) in [6, 6.07) is 6.18. The van der Waals surface area contributed by atoms with E-state index in [4.69, 9.17) is 0 Å². The molecule has 0 radical (unpaired) electrons. The van der Waals surface area contributed by atoms with Gasteiger partial charge in [-0.05, 0) is 115 Å². The van der Waals surface area contributed by atoms with Crippen molar-refractivity contribution in [2.45, 2.75) is 71.6 Å². The summed E-state index contributed by atoms with van der Waals surface area (Å²) >= 11 is 0. The topological polar surface area (TPSA) is 20.2 Å². The first-order valence-electron chi connectivity index (χ1n) is 11.5. The lowest BCUT2D eigenvalue weighted by Crippen LogP contribution is -2.43. The molecule has 146 valence electrons. The minimum absolute atomic E-state index is 0.444. The van der Waals surface area contributed by atoms with E-state index in [0.717, 1.165) is 47.8 Å². The highest BCUT2D eigenvalue weighted by molar-refractivity contribution is 5.40. The summed E-state index contributed by atoms with van der Waals surface area (Å²) in [7, 11) is 0. The Hall–Kier alpha value is -1.24. The molecular weight excluding hydrogens is 328 g/mol. The van der Waals surface area contributed by atoms with Crippen LogP contribution in [0.3, 0.4) is 0 Å². The van der Waals surface area contributed by atoms with Crippen molar-refractivity contribution in [3.05, 3.63) is 41.5 Å². The fourth-order valence-corrected chi connectivity index (χ4v) is 7.54. The second-order valence-electron chi connectivity index (χ2n) is 10.6. The molecule has 3 fully saturated rings. The number of benzene rings is 1. The molecule has 0 spiro atoms. The van der Waals surface area contributed by atoms with Gasteiger partial charge in [-0.1, -0.05) is 39.0 Å². The molecule has 8 atom stereocenters. The van der Waals surface area contributed by atoms with E-state index in [9.17, 15) is 5.11 Å². The highest BCUT2D eigenvalue weighted by atomic mass is 16.3. The van der Waals surface area contributed by atoms with Crippen LogP contribution in [0.4, 0.5) is 0 Å². The van der Waals surface area contributed by atoms with Crippen molar-refractivity contribution in [2.24, 2.45) is 40.9 Å². The minimum Gasteiger partial charge on any atom is -0.508 e. The minimum atomic E-state index is 0.444. The Morgan fingerprint density at radius 2 is 2.00 bits per heavy atom. The van der Waals surface area contributed by atoms with Gasteiger partial charge in [0.1, 0.15) is 5.75 Å². The average molecular weight is 365 g/mol. The van der Waals surface area contributed by atoms with E-state index < -0.39 is 0 Å². The zero-order valence-corrected chi connectivity index (χ0v) is 17.3. The molecule has 0 unspecified atom stereocenters. The molecule has 27 heavy (non-hydrogen) atoms. The third-order valence-corrected chi connectivity index (χ3v) is 9.25. The van der Waals surface area contributed by atoms with E-state index in [2.05, 4.69) is 39.0 Å². The number of allylic oxidation sites excluding steroid dienone is 2. The van der Waals surface area contributed by atoms with Gasteiger partial charge in [-0.25, -0.2) is 0 Å². The fraction of sp³-hybridized carbons (Fsp3) is 0.692. The molecule has 5 rings (SSSR count). The van der Waals surface area contributed by atoms with Gasteiger partial charge in [-0.3, -0.25) is 0 Å². The van der Waals surface area contributed by atoms with Crippen LogP contribution in [0.5, 0.6) is 5.75 Å². The normalized spacial score (nSPS) is 43.8. The van der Waals surface area contributed by atoms with Crippen molar-refractivity contribution in [2.75, 3.05) is 0 Å². The zero-order chi connectivity index (χ0) is 18.8. The highest BCUT2D eigenvalue weighted by Gasteiger charge is 2.55. The van der Waals surface area contributed by atoms with E-state index in [0.29, 0.717) is 11.2 Å². The molecule has 3 saturated carbocycles. The number of hydrogen-bond donors (Lipinski definition) is 1. The van der Waals surface area contributed by atoms with Gasteiger partial charge in [0.2, 0.25) is 0 Å². The predicted molar refractivity (Wildman–Crippen MR) is 112 cm³/mol. The van der Waals surface area contributed by atoms with Crippen LogP contribution < -0.4 is 0 Å². The van der Waals surface area contributed by atoms with E-state index in [1.165, 1.54) is 44.1 Å². The number of aryl methyl sites for hydroxylation is 1. The predicted octanol–water partition coefficient (Wildman–Crippen LogP) is 6.71. The van der Waals surface area contributed by atoms with Crippen LogP contribution in [0.25, 0.3) is 0 Å². The molecule has 1 N–H and O–H groups in total. The SMILES string of the molecule is C[C@H](C=C[C@@H]1C[C@@H]1C)[C@H]1CC[C@H]2[C@@H]3CCc4cc(O)ccc4[C@H]3CC[C@]12C. The van der Waals surface area contributed by atoms with Gasteiger partial charge in [-0.2, -0.15) is 0 Å². The Morgan fingerprint density at radius 3 is 2.78 bits per heavy atom. The maximum atomic E-state index is 9.88. The monoisotopic (exact) mass is 364 g/mol. The zero-order valence-electron chi connectivity index (χ0n) is 17.3. The van der Waals surface area contributed by atoms with Crippen LogP contribution in [0.2, 0.25) is 0 Å². The van der Waals surface area contributed by atoms with Gasteiger partial charge in [0.15, 0.2) is 0 Å². The van der Waals surface area contributed by atoms with Crippen molar-refractivity contribution >= 4 is 0 Å². The quantitative estimate of drug-likeness (QED) is 0.591. The van der Waals surface area contributed by atoms with E-state index in [1.54, 1.807) is 5.56 Å². The van der Waals surface area contributed by atoms with Gasteiger partial charge in [0.05, 0.1) is 0 Å². The fourth-order valence-electron chi connectivity index (χ4n) is 7.54. The van der Waals surface area contributed by atoms with E-state index in [1.807, 2.05) is 12.1 Å². The van der Waals surface area contributed by atoms with Gasteiger partial charge >= 0.3 is 0 Å². The lowest BCUT2D eigenvalue weighted by atomic mass is 9.53. The van der Waals surface area contributed by atoms with Crippen molar-refractivity contribution in [3.63, 3.8) is 0 Å². The first-order valence-corrected chi connectivity index (χ1v) is 11.5. The number of rotatable bonds is 3. The van der Waals surface area contributed by atoms with Crippen LogP contribution in [0.1, 0.15) is 76.3 Å². The van der Waals surface area contributed by atoms with Gasteiger partial charge < -0.3 is 5.11 Å². The molecule has 1 aromatic rings. The lowest BCUT2D eigenvalue weighted by Gasteiger charge is -2.51. The van der Waals surface area contributed by atoms with Crippen LogP contribution >= 0.6 is 0 Å². The molecule has 0 bridgehead atoms. The molecule has 1 aromatic carbocycles. The summed E-state index contributed by atoms with van der Waals surface area (Å²) in [6.07, 6.45) is 14.6. The molecule has 0 aliphatic heterocycles. The van der Waals surface area contributed by atoms with Gasteiger partial charge in [0, 0.05) is 0 Å². The third-order valence-electron chi connectivity index (χ3n) is 9.25. The smallest absolute Gasteiger partial charge is 0.115 e. The van der Waals surface area contributed by atoms with Gasteiger partial charge in [0.25, 0.3) is 0 Å². The second-order valence-corrected chi connectivity index (χ2v) is 10.6. The standard InChI is InChI=1S/C26H36O/c1-16(4-5-18-14-17(18)2)24-10-11-25-23-8-6-19-15-20(27)7-9-21(19)22(23)12-13-26(24,25)3/h4-5,7,9,15-18,22-25,27H,6,8,10-14H2,1-3H3/t16-,17+,18-,22-,23-,24-,25+,26-/m1/s1. The summed E-state index contributed by atoms with van der Waals surface area (Å²) in [6.45, 7) is 7.52. The van der Waals surface area contributed by atoms with Crippen LogP contribution in [0.15, 0.2) is 30.4 Å². The highest BCUT2D eigenvalue weighted by Crippen LogP contribution is 2.64. The summed E-state index contributed by atoms with van der Waals surface area (Å²) in [5.74, 6) is 6.36. The average Bonchev–Trinajstić information content (AvgIpc) is 3.24. The lowest BCUT2D eigenvalue weighted by molar-refractivity contribution is 0.0178. The molecule has 4 aliphatic rings. The Bertz CT molecular complexity index is 749. The Kier molecular flexibility index (Phi) is 4.22. The molecule has 0 aromatic heterocycles. The number of phenols is 1. The molecule has 0 amide bonds. The molecule has 1 nitrogen and oxygen atoms in total. The first kappa shape index (κ1) is 17.8. The van der Waals surface area contributed by atoms with Crippen molar-refractivity contribution in [1.82, 2.24) is 0 Å². The molecule has 4 aliphatic carbocycles. The molecule has 0 saturated heterocycles. The third kappa shape index (κ3) is 2.88.